The van der Waals surface area contributed by atoms with E-state index >= 15 is 0 Å². The Labute approximate surface area is 239 Å². The van der Waals surface area contributed by atoms with E-state index in [4.69, 9.17) is 23.7 Å². The lowest BCUT2D eigenvalue weighted by Gasteiger charge is -2.41. The van der Waals surface area contributed by atoms with Gasteiger partial charge >= 0.3 is 0 Å². The van der Waals surface area contributed by atoms with E-state index in [0.717, 1.165) is 13.0 Å². The smallest absolute Gasteiger partial charge is 0.190 e. The van der Waals surface area contributed by atoms with Crippen molar-refractivity contribution in [2.45, 2.75) is 192 Å². The topological polar surface area (TPSA) is 78.4 Å². The van der Waals surface area contributed by atoms with Gasteiger partial charge in [-0.25, -0.2) is 0 Å². The van der Waals surface area contributed by atoms with Crippen LogP contribution in [0.15, 0.2) is 0 Å². The molecular weight excluding hydrogens is 494 g/mol. The lowest BCUT2D eigenvalue weighted by Crippen LogP contribution is -2.61. The second-order valence-electron chi connectivity index (χ2n) is 13.0. The Balaban J connectivity index is 1.27. The molecule has 0 aliphatic carbocycles. The van der Waals surface area contributed by atoms with Gasteiger partial charge in [0.15, 0.2) is 17.9 Å². The molecule has 0 aromatic carbocycles. The van der Waals surface area contributed by atoms with E-state index < -0.39 is 17.9 Å². The van der Waals surface area contributed by atoms with Crippen molar-refractivity contribution in [2.24, 2.45) is 0 Å². The van der Waals surface area contributed by atoms with E-state index in [1.807, 2.05) is 27.7 Å². The Morgan fingerprint density at radius 2 is 1.08 bits per heavy atom. The van der Waals surface area contributed by atoms with Crippen molar-refractivity contribution in [3.05, 3.63) is 0 Å². The zero-order chi connectivity index (χ0) is 28.1. The molecule has 3 aliphatic rings. The summed E-state index contributed by atoms with van der Waals surface area (Å²) in [5, 5.41) is 13.5. The molecule has 3 rings (SSSR count). The maximum atomic E-state index is 9.80. The van der Waals surface area contributed by atoms with Crippen LogP contribution in [0.1, 0.15) is 144 Å². The number of fused-ring (bicyclic) bond motifs is 3. The minimum atomic E-state index is -0.724. The predicted molar refractivity (Wildman–Crippen MR) is 156 cm³/mol. The van der Waals surface area contributed by atoms with E-state index in [9.17, 15) is 5.11 Å². The highest BCUT2D eigenvalue weighted by Gasteiger charge is 2.61. The zero-order valence-corrected chi connectivity index (χ0v) is 25.9. The third kappa shape index (κ3) is 11.1. The third-order valence-corrected chi connectivity index (χ3v) is 8.46. The summed E-state index contributed by atoms with van der Waals surface area (Å²) in [7, 11) is 0. The van der Waals surface area contributed by atoms with Crippen molar-refractivity contribution in [1.29, 1.82) is 0 Å². The fraction of sp³-hybridized carbons (Fsp3) is 1.00. The van der Waals surface area contributed by atoms with E-state index in [2.05, 4.69) is 12.2 Å². The average molecular weight is 556 g/mol. The Morgan fingerprint density at radius 3 is 1.62 bits per heavy atom. The standard InChI is InChI=1S/C32H61NO6/c1-6-7-8-9-10-11-12-13-14-15-16-17-18-19-20-21-23-33-25(22-24-34)26-27-28(37-31(2,3)36-27)29-30(35-26)39-32(4,5)38-29/h25-30,33-34H,6-24H2,1-5H3/t25?,26-,27?,28?,29?,30?/m1/s1. The fourth-order valence-electron chi connectivity index (χ4n) is 6.45. The van der Waals surface area contributed by atoms with Gasteiger partial charge in [-0.05, 0) is 47.1 Å². The first kappa shape index (κ1) is 33.2. The molecule has 39 heavy (non-hydrogen) atoms. The Hall–Kier alpha value is -0.280. The van der Waals surface area contributed by atoms with Gasteiger partial charge in [0, 0.05) is 12.6 Å². The van der Waals surface area contributed by atoms with Crippen molar-refractivity contribution in [1.82, 2.24) is 5.32 Å². The van der Waals surface area contributed by atoms with Crippen LogP contribution >= 0.6 is 0 Å². The lowest BCUT2D eigenvalue weighted by molar-refractivity contribution is -0.240. The maximum absolute atomic E-state index is 9.80. The summed E-state index contributed by atoms with van der Waals surface area (Å²) in [5.41, 5.74) is 0. The van der Waals surface area contributed by atoms with Gasteiger partial charge < -0.3 is 34.1 Å². The van der Waals surface area contributed by atoms with Crippen LogP contribution in [0.3, 0.4) is 0 Å². The first-order valence-corrected chi connectivity index (χ1v) is 16.5. The van der Waals surface area contributed by atoms with Crippen LogP contribution in [0.2, 0.25) is 0 Å². The molecule has 7 nitrogen and oxygen atoms in total. The predicted octanol–water partition coefficient (Wildman–Crippen LogP) is 6.99. The molecule has 3 heterocycles. The van der Waals surface area contributed by atoms with Gasteiger partial charge in [0.2, 0.25) is 0 Å². The highest BCUT2D eigenvalue weighted by atomic mass is 16.9. The Kier molecular flexibility index (Phi) is 14.5. The summed E-state index contributed by atoms with van der Waals surface area (Å²) in [5.74, 6) is -1.43. The second-order valence-corrected chi connectivity index (χ2v) is 13.0. The quantitative estimate of drug-likeness (QED) is 0.148. The van der Waals surface area contributed by atoms with Crippen molar-refractivity contribution >= 4 is 0 Å². The fourth-order valence-corrected chi connectivity index (χ4v) is 6.45. The van der Waals surface area contributed by atoms with E-state index in [0.29, 0.717) is 6.42 Å². The molecule has 0 radical (unpaired) electrons. The molecule has 6 atom stereocenters. The normalized spacial score (nSPS) is 29.8. The molecule has 5 unspecified atom stereocenters. The molecule has 3 saturated heterocycles. The molecule has 2 N–H and O–H groups in total. The summed E-state index contributed by atoms with van der Waals surface area (Å²) in [4.78, 5) is 0. The van der Waals surface area contributed by atoms with Crippen LogP contribution in [-0.4, -0.2) is 66.6 Å². The number of hydrogen-bond acceptors (Lipinski definition) is 7. The van der Waals surface area contributed by atoms with Crippen LogP contribution in [0.25, 0.3) is 0 Å². The van der Waals surface area contributed by atoms with E-state index in [1.165, 1.54) is 96.3 Å². The Morgan fingerprint density at radius 1 is 0.615 bits per heavy atom. The summed E-state index contributed by atoms with van der Waals surface area (Å²) in [6.45, 7) is 11.0. The molecule has 0 bridgehead atoms. The van der Waals surface area contributed by atoms with Gasteiger partial charge in [0.1, 0.15) is 24.4 Å². The van der Waals surface area contributed by atoms with Gasteiger partial charge in [-0.3, -0.25) is 0 Å². The van der Waals surface area contributed by atoms with Crippen LogP contribution in [-0.2, 0) is 23.7 Å². The molecule has 3 aliphatic heterocycles. The van der Waals surface area contributed by atoms with Crippen LogP contribution in [0.5, 0.6) is 0 Å². The monoisotopic (exact) mass is 555 g/mol. The van der Waals surface area contributed by atoms with Gasteiger partial charge in [0.05, 0.1) is 0 Å². The molecule has 230 valence electrons. The molecule has 3 fully saturated rings. The zero-order valence-electron chi connectivity index (χ0n) is 25.9. The molecule has 0 aromatic heterocycles. The van der Waals surface area contributed by atoms with Crippen LogP contribution in [0.4, 0.5) is 0 Å². The van der Waals surface area contributed by atoms with Gasteiger partial charge in [-0.1, -0.05) is 103 Å². The van der Waals surface area contributed by atoms with Crippen LogP contribution < -0.4 is 5.32 Å². The highest BCUT2D eigenvalue weighted by molar-refractivity contribution is 5.03. The SMILES string of the molecule is CCCCCCCCCCCCCCCCCCNC(CCO)[C@H]1OC2OC(C)(C)OC2C2OC(C)(C)OC21. The number of hydrogen-bond donors (Lipinski definition) is 2. The molecule has 0 spiro atoms. The van der Waals surface area contributed by atoms with Crippen molar-refractivity contribution < 1.29 is 28.8 Å². The first-order valence-electron chi connectivity index (χ1n) is 16.5. The summed E-state index contributed by atoms with van der Waals surface area (Å²) < 4.78 is 31.2. The van der Waals surface area contributed by atoms with Crippen molar-refractivity contribution in [3.8, 4) is 0 Å². The molecular formula is C32H61NO6. The minimum absolute atomic E-state index is 0.0374. The van der Waals surface area contributed by atoms with Crippen molar-refractivity contribution in [3.63, 3.8) is 0 Å². The molecule has 7 heteroatoms. The van der Waals surface area contributed by atoms with E-state index in [1.54, 1.807) is 0 Å². The highest BCUT2D eigenvalue weighted by Crippen LogP contribution is 2.45. The van der Waals surface area contributed by atoms with Gasteiger partial charge in [-0.2, -0.15) is 0 Å². The number of rotatable bonds is 21. The number of unbranched alkanes of at least 4 members (excludes halogenated alkanes) is 15. The van der Waals surface area contributed by atoms with Crippen LogP contribution in [0, 0.1) is 0 Å². The number of nitrogens with one attached hydrogen (secondary N) is 1. The van der Waals surface area contributed by atoms with Crippen molar-refractivity contribution in [2.75, 3.05) is 13.2 Å². The molecule has 0 amide bonds. The summed E-state index contributed by atoms with van der Waals surface area (Å²) in [6.07, 6.45) is 20.9. The Bertz CT molecular complexity index is 659. The first-order chi connectivity index (χ1) is 18.8. The molecule has 0 aromatic rings. The third-order valence-electron chi connectivity index (χ3n) is 8.46. The van der Waals surface area contributed by atoms with E-state index in [-0.39, 0.29) is 37.1 Å². The minimum Gasteiger partial charge on any atom is -0.396 e. The second kappa shape index (κ2) is 17.0. The maximum Gasteiger partial charge on any atom is 0.190 e. The average Bonchev–Trinajstić information content (AvgIpc) is 3.38. The number of ether oxygens (including phenoxy) is 5. The number of aliphatic hydroxyl groups is 1. The van der Waals surface area contributed by atoms with Gasteiger partial charge in [0.25, 0.3) is 0 Å². The number of aliphatic hydroxyl groups excluding tert-OH is 1. The summed E-state index contributed by atoms with van der Waals surface area (Å²) >= 11 is 0. The molecule has 0 saturated carbocycles. The summed E-state index contributed by atoms with van der Waals surface area (Å²) in [6, 6.07) is -0.0374. The van der Waals surface area contributed by atoms with Gasteiger partial charge in [-0.15, -0.1) is 0 Å². The lowest BCUT2D eigenvalue weighted by atomic mass is 9.92. The largest absolute Gasteiger partial charge is 0.396 e.